The fourth-order valence-electron chi connectivity index (χ4n) is 3.39. The average Bonchev–Trinajstić information content (AvgIpc) is 3.19. The molecular weight excluding hydrogens is 396 g/mol. The lowest BCUT2D eigenvalue weighted by Crippen LogP contribution is -2.43. The van der Waals surface area contributed by atoms with Crippen molar-refractivity contribution in [3.63, 3.8) is 0 Å². The summed E-state index contributed by atoms with van der Waals surface area (Å²) < 4.78 is 27.2. The average molecular weight is 421 g/mol. The molecule has 2 aromatic rings. The molecule has 1 aliphatic rings. The van der Waals surface area contributed by atoms with E-state index in [0.717, 1.165) is 6.42 Å². The zero-order valence-electron chi connectivity index (χ0n) is 16.1. The summed E-state index contributed by atoms with van der Waals surface area (Å²) in [6, 6.07) is 13.0. The number of benzene rings is 2. The molecule has 150 valence electrons. The zero-order valence-corrected chi connectivity index (χ0v) is 17.6. The first-order valence-corrected chi connectivity index (χ1v) is 11.3. The molecule has 0 unspecified atom stereocenters. The Morgan fingerprint density at radius 3 is 2.43 bits per heavy atom. The molecule has 1 amide bonds. The molecule has 0 aliphatic carbocycles. The smallest absolute Gasteiger partial charge is 0.243 e. The van der Waals surface area contributed by atoms with Gasteiger partial charge in [0.25, 0.3) is 0 Å². The SMILES string of the molecule is CC[C@@H](C)c1ccc(NC(=O)[C@H]2CCCN2S(=O)(=O)c2ccc(Cl)cc2)cc1. The van der Waals surface area contributed by atoms with Crippen LogP contribution in [0.25, 0.3) is 0 Å². The van der Waals surface area contributed by atoms with Gasteiger partial charge in [-0.25, -0.2) is 8.42 Å². The highest BCUT2D eigenvalue weighted by molar-refractivity contribution is 7.89. The van der Waals surface area contributed by atoms with Crippen LogP contribution in [0, 0.1) is 0 Å². The first kappa shape index (κ1) is 20.8. The molecule has 0 saturated carbocycles. The van der Waals surface area contributed by atoms with Gasteiger partial charge in [0.1, 0.15) is 6.04 Å². The maximum absolute atomic E-state index is 13.0. The fourth-order valence-corrected chi connectivity index (χ4v) is 5.17. The quantitative estimate of drug-likeness (QED) is 0.739. The van der Waals surface area contributed by atoms with Crippen LogP contribution < -0.4 is 5.32 Å². The standard InChI is InChI=1S/C21H25ClN2O3S/c1-3-15(2)16-6-10-18(11-7-16)23-21(25)20-5-4-14-24(20)28(26,27)19-12-8-17(22)9-13-19/h6-13,15,20H,3-5,14H2,1-2H3,(H,23,25)/t15-,20-/m1/s1. The number of rotatable bonds is 6. The molecule has 2 atom stereocenters. The first-order valence-electron chi connectivity index (χ1n) is 9.51. The number of carbonyl (C=O) groups excluding carboxylic acids is 1. The van der Waals surface area contributed by atoms with Gasteiger partial charge in [-0.05, 0) is 67.1 Å². The molecule has 1 N–H and O–H groups in total. The Kier molecular flexibility index (Phi) is 6.43. The molecule has 1 fully saturated rings. The number of nitrogens with one attached hydrogen (secondary N) is 1. The fraction of sp³-hybridized carbons (Fsp3) is 0.381. The van der Waals surface area contributed by atoms with Gasteiger partial charge in [0.15, 0.2) is 0 Å². The highest BCUT2D eigenvalue weighted by atomic mass is 35.5. The summed E-state index contributed by atoms with van der Waals surface area (Å²) in [6.45, 7) is 4.62. The Balaban J connectivity index is 1.75. The first-order chi connectivity index (χ1) is 13.3. The third-order valence-electron chi connectivity index (χ3n) is 5.29. The molecule has 0 spiro atoms. The third kappa shape index (κ3) is 4.40. The molecule has 1 heterocycles. The highest BCUT2D eigenvalue weighted by Gasteiger charge is 2.39. The van der Waals surface area contributed by atoms with Crippen LogP contribution in [0.2, 0.25) is 5.02 Å². The predicted octanol–water partition coefficient (Wildman–Crippen LogP) is 4.65. The number of hydrogen-bond donors (Lipinski definition) is 1. The van der Waals surface area contributed by atoms with Crippen LogP contribution >= 0.6 is 11.6 Å². The van der Waals surface area contributed by atoms with Crippen LogP contribution in [-0.2, 0) is 14.8 Å². The Labute approximate surface area is 171 Å². The van der Waals surface area contributed by atoms with Crippen LogP contribution in [0.15, 0.2) is 53.4 Å². The molecule has 7 heteroatoms. The number of sulfonamides is 1. The van der Waals surface area contributed by atoms with Crippen molar-refractivity contribution in [3.05, 3.63) is 59.1 Å². The largest absolute Gasteiger partial charge is 0.325 e. The molecule has 28 heavy (non-hydrogen) atoms. The van der Waals surface area contributed by atoms with Gasteiger partial charge in [-0.15, -0.1) is 0 Å². The van der Waals surface area contributed by atoms with E-state index in [9.17, 15) is 13.2 Å². The summed E-state index contributed by atoms with van der Waals surface area (Å²) in [5, 5.41) is 3.33. The minimum atomic E-state index is -3.75. The van der Waals surface area contributed by atoms with Crippen LogP contribution in [-0.4, -0.2) is 31.2 Å². The van der Waals surface area contributed by atoms with E-state index in [1.54, 1.807) is 12.1 Å². The van der Waals surface area contributed by atoms with Crippen LogP contribution in [0.4, 0.5) is 5.69 Å². The van der Waals surface area contributed by atoms with Crippen molar-refractivity contribution in [2.24, 2.45) is 0 Å². The van der Waals surface area contributed by atoms with Crippen molar-refractivity contribution in [1.29, 1.82) is 0 Å². The molecule has 1 saturated heterocycles. The second kappa shape index (κ2) is 8.64. The molecule has 0 radical (unpaired) electrons. The van der Waals surface area contributed by atoms with Gasteiger partial charge in [0.05, 0.1) is 4.90 Å². The van der Waals surface area contributed by atoms with Gasteiger partial charge < -0.3 is 5.32 Å². The number of hydrogen-bond acceptors (Lipinski definition) is 3. The topological polar surface area (TPSA) is 66.5 Å². The Hall–Kier alpha value is -1.89. The molecule has 0 bridgehead atoms. The molecule has 3 rings (SSSR count). The minimum Gasteiger partial charge on any atom is -0.325 e. The lowest BCUT2D eigenvalue weighted by molar-refractivity contribution is -0.119. The van der Waals surface area contributed by atoms with E-state index in [-0.39, 0.29) is 10.8 Å². The number of nitrogens with zero attached hydrogens (tertiary/aromatic N) is 1. The van der Waals surface area contributed by atoms with Crippen molar-refractivity contribution < 1.29 is 13.2 Å². The normalized spacial score (nSPS) is 18.8. The van der Waals surface area contributed by atoms with Crippen LogP contribution in [0.1, 0.15) is 44.6 Å². The van der Waals surface area contributed by atoms with E-state index in [0.29, 0.717) is 36.0 Å². The van der Waals surface area contributed by atoms with E-state index in [1.165, 1.54) is 22.0 Å². The molecule has 2 aromatic carbocycles. The van der Waals surface area contributed by atoms with Gasteiger partial charge in [-0.3, -0.25) is 4.79 Å². The van der Waals surface area contributed by atoms with Crippen molar-refractivity contribution >= 4 is 33.2 Å². The lowest BCUT2D eigenvalue weighted by atomic mass is 9.98. The number of carbonyl (C=O) groups is 1. The Morgan fingerprint density at radius 2 is 1.82 bits per heavy atom. The van der Waals surface area contributed by atoms with E-state index in [1.807, 2.05) is 24.3 Å². The van der Waals surface area contributed by atoms with Crippen molar-refractivity contribution in [1.82, 2.24) is 4.31 Å². The van der Waals surface area contributed by atoms with Gasteiger partial charge >= 0.3 is 0 Å². The maximum Gasteiger partial charge on any atom is 0.243 e. The second-order valence-electron chi connectivity index (χ2n) is 7.15. The highest BCUT2D eigenvalue weighted by Crippen LogP contribution is 2.28. The van der Waals surface area contributed by atoms with Gasteiger partial charge in [-0.1, -0.05) is 37.6 Å². The number of anilines is 1. The summed E-state index contributed by atoms with van der Waals surface area (Å²) in [5.74, 6) is 0.158. The second-order valence-corrected chi connectivity index (χ2v) is 9.48. The number of halogens is 1. The van der Waals surface area contributed by atoms with Gasteiger partial charge in [0, 0.05) is 17.3 Å². The monoisotopic (exact) mass is 420 g/mol. The summed E-state index contributed by atoms with van der Waals surface area (Å²) in [7, 11) is -3.75. The maximum atomic E-state index is 13.0. The Bertz CT molecular complexity index is 927. The van der Waals surface area contributed by atoms with E-state index in [4.69, 9.17) is 11.6 Å². The van der Waals surface area contributed by atoms with Gasteiger partial charge in [-0.2, -0.15) is 4.31 Å². The van der Waals surface area contributed by atoms with Gasteiger partial charge in [0.2, 0.25) is 15.9 Å². The van der Waals surface area contributed by atoms with Crippen LogP contribution in [0.3, 0.4) is 0 Å². The summed E-state index contributed by atoms with van der Waals surface area (Å²) in [4.78, 5) is 12.9. The molecule has 1 aliphatic heterocycles. The zero-order chi connectivity index (χ0) is 20.3. The summed E-state index contributed by atoms with van der Waals surface area (Å²) in [6.07, 6.45) is 2.20. The summed E-state index contributed by atoms with van der Waals surface area (Å²) >= 11 is 5.86. The van der Waals surface area contributed by atoms with Crippen molar-refractivity contribution in [3.8, 4) is 0 Å². The van der Waals surface area contributed by atoms with Crippen molar-refractivity contribution in [2.75, 3.05) is 11.9 Å². The minimum absolute atomic E-state index is 0.148. The Morgan fingerprint density at radius 1 is 1.18 bits per heavy atom. The molecule has 0 aromatic heterocycles. The predicted molar refractivity (Wildman–Crippen MR) is 112 cm³/mol. The van der Waals surface area contributed by atoms with E-state index >= 15 is 0 Å². The number of amides is 1. The summed E-state index contributed by atoms with van der Waals surface area (Å²) in [5.41, 5.74) is 1.89. The third-order valence-corrected chi connectivity index (χ3v) is 7.46. The van der Waals surface area contributed by atoms with Crippen molar-refractivity contribution in [2.45, 2.75) is 50.0 Å². The molecule has 5 nitrogen and oxygen atoms in total. The van der Waals surface area contributed by atoms with Crippen LogP contribution in [0.5, 0.6) is 0 Å². The molecular formula is C21H25ClN2O3S. The van der Waals surface area contributed by atoms with E-state index in [2.05, 4.69) is 19.2 Å². The lowest BCUT2D eigenvalue weighted by Gasteiger charge is -2.23. The van der Waals surface area contributed by atoms with E-state index < -0.39 is 16.1 Å².